The Labute approximate surface area is 355 Å². The molecule has 0 aromatic heterocycles. The predicted molar refractivity (Wildman–Crippen MR) is 236 cm³/mol. The number of allylic oxidation sites excluding steroid dienone is 13. The Morgan fingerprint density at radius 3 is 1.73 bits per heavy atom. The maximum atomic E-state index is 12.6. The lowest BCUT2D eigenvalue weighted by Crippen LogP contribution is -2.34. The molecule has 12 nitrogen and oxygen atoms in total. The van der Waals surface area contributed by atoms with E-state index in [2.05, 4.69) is 79.1 Å². The van der Waals surface area contributed by atoms with Crippen molar-refractivity contribution in [3.63, 3.8) is 0 Å². The van der Waals surface area contributed by atoms with E-state index in [0.29, 0.717) is 6.42 Å². The highest BCUT2D eigenvalue weighted by atomic mass is 31.2. The number of carbonyl (C=O) groups excluding carboxylic acids is 2. The first-order valence-electron chi connectivity index (χ1n) is 21.7. The van der Waals surface area contributed by atoms with Gasteiger partial charge in [-0.3, -0.25) is 23.4 Å². The zero-order valence-corrected chi connectivity index (χ0v) is 36.8. The number of carboxylic acids is 1. The Kier molecular flexibility index (Phi) is 37.8. The van der Waals surface area contributed by atoms with Crippen LogP contribution in [-0.4, -0.2) is 71.1 Å². The van der Waals surface area contributed by atoms with Gasteiger partial charge in [-0.15, -0.1) is 0 Å². The van der Waals surface area contributed by atoms with Crippen molar-refractivity contribution in [3.8, 4) is 0 Å². The van der Waals surface area contributed by atoms with E-state index in [0.717, 1.165) is 70.6 Å². The third-order valence-electron chi connectivity index (χ3n) is 8.74. The Hall–Kier alpha value is -3.38. The fourth-order valence-corrected chi connectivity index (χ4v) is 6.06. The van der Waals surface area contributed by atoms with Gasteiger partial charge in [-0.25, -0.2) is 4.57 Å². The molecule has 5 N–H and O–H groups in total. The van der Waals surface area contributed by atoms with Crippen LogP contribution in [0.5, 0.6) is 0 Å². The molecule has 0 aliphatic heterocycles. The van der Waals surface area contributed by atoms with Gasteiger partial charge < -0.3 is 30.3 Å². The van der Waals surface area contributed by atoms with Gasteiger partial charge in [-0.05, 0) is 70.6 Å². The molecule has 0 aliphatic rings. The van der Waals surface area contributed by atoms with Gasteiger partial charge in [0.1, 0.15) is 12.6 Å². The Bertz CT molecular complexity index is 1340. The number of aliphatic hydroxyl groups is 1. The summed E-state index contributed by atoms with van der Waals surface area (Å²) in [6, 6.07) is -1.56. The molecule has 0 aliphatic carbocycles. The third kappa shape index (κ3) is 39.8. The van der Waals surface area contributed by atoms with Crippen LogP contribution in [0.4, 0.5) is 0 Å². The minimum atomic E-state index is -4.79. The van der Waals surface area contributed by atoms with E-state index in [-0.39, 0.29) is 19.3 Å². The predicted octanol–water partition coefficient (Wildman–Crippen LogP) is 10.5. The van der Waals surface area contributed by atoms with Crippen molar-refractivity contribution in [2.45, 2.75) is 167 Å². The quantitative estimate of drug-likeness (QED) is 0.0151. The normalized spacial score (nSPS) is 15.1. The van der Waals surface area contributed by atoms with Crippen LogP contribution in [0.2, 0.25) is 0 Å². The van der Waals surface area contributed by atoms with Crippen LogP contribution in [0, 0.1) is 0 Å². The largest absolute Gasteiger partial charge is 0.480 e. The second kappa shape index (κ2) is 40.0. The molecule has 0 spiro atoms. The second-order valence-electron chi connectivity index (χ2n) is 14.3. The van der Waals surface area contributed by atoms with Crippen molar-refractivity contribution in [2.75, 3.05) is 19.8 Å². The molecule has 0 heterocycles. The summed E-state index contributed by atoms with van der Waals surface area (Å²) in [5, 5.41) is 19.2. The molecule has 0 aromatic carbocycles. The topological polar surface area (TPSA) is 192 Å². The highest BCUT2D eigenvalue weighted by Gasteiger charge is 2.28. The number of aliphatic hydroxyl groups excluding tert-OH is 1. The lowest BCUT2D eigenvalue weighted by Gasteiger charge is -2.20. The smallest absolute Gasteiger partial charge is 0.472 e. The molecule has 4 atom stereocenters. The Balaban J connectivity index is 4.64. The average Bonchev–Trinajstić information content (AvgIpc) is 3.21. The van der Waals surface area contributed by atoms with Crippen molar-refractivity contribution in [1.82, 2.24) is 0 Å². The SMILES string of the molecule is CC/C=C\C/C=C\C/C=C\C/C=C\C/C=C\C=C/C(O)CCC(=O)O[C@H](COC(=O)CCCCCCC/C=C\CCCCCCCC)COP(=O)(O)OC[C@H](N)C(=O)O. The minimum Gasteiger partial charge on any atom is -0.480 e. The van der Waals surface area contributed by atoms with E-state index in [1.165, 1.54) is 38.5 Å². The minimum absolute atomic E-state index is 0.0393. The number of phosphoric ester groups is 1. The van der Waals surface area contributed by atoms with Gasteiger partial charge >= 0.3 is 25.7 Å². The molecule has 0 fully saturated rings. The van der Waals surface area contributed by atoms with Crippen LogP contribution in [0.1, 0.15) is 149 Å². The van der Waals surface area contributed by atoms with Crippen molar-refractivity contribution < 1.29 is 52.6 Å². The lowest BCUT2D eigenvalue weighted by atomic mass is 10.1. The number of carbonyl (C=O) groups is 3. The van der Waals surface area contributed by atoms with Crippen LogP contribution in [-0.2, 0) is 37.5 Å². The van der Waals surface area contributed by atoms with Gasteiger partial charge in [0.15, 0.2) is 6.10 Å². The fourth-order valence-electron chi connectivity index (χ4n) is 5.29. The Morgan fingerprint density at radius 2 is 1.15 bits per heavy atom. The molecule has 0 bridgehead atoms. The van der Waals surface area contributed by atoms with E-state index in [9.17, 15) is 28.9 Å². The first-order valence-corrected chi connectivity index (χ1v) is 23.2. The summed E-state index contributed by atoms with van der Waals surface area (Å²) in [6.45, 7) is 2.41. The van der Waals surface area contributed by atoms with Gasteiger partial charge in [0.05, 0.1) is 19.3 Å². The van der Waals surface area contributed by atoms with Crippen LogP contribution in [0.25, 0.3) is 0 Å². The van der Waals surface area contributed by atoms with Crippen LogP contribution in [0.15, 0.2) is 85.1 Å². The molecule has 0 aromatic rings. The van der Waals surface area contributed by atoms with E-state index in [1.54, 1.807) is 18.2 Å². The fraction of sp³-hybridized carbons (Fsp3) is 0.630. The first kappa shape index (κ1) is 55.6. The van der Waals surface area contributed by atoms with Gasteiger partial charge in [0, 0.05) is 12.8 Å². The zero-order chi connectivity index (χ0) is 43.7. The number of carboxylic acid groups (broad SMARTS) is 1. The monoisotopic (exact) mass is 850 g/mol. The van der Waals surface area contributed by atoms with Gasteiger partial charge in [-0.2, -0.15) is 0 Å². The molecule has 0 amide bonds. The average molecular weight is 850 g/mol. The van der Waals surface area contributed by atoms with E-state index >= 15 is 0 Å². The molecule has 2 unspecified atom stereocenters. The molecule has 0 saturated carbocycles. The summed E-state index contributed by atoms with van der Waals surface area (Å²) >= 11 is 0. The number of phosphoric acid groups is 1. The van der Waals surface area contributed by atoms with Crippen molar-refractivity contribution in [3.05, 3.63) is 85.1 Å². The number of esters is 2. The summed E-state index contributed by atoms with van der Waals surface area (Å²) < 4.78 is 32.5. The number of hydrogen-bond donors (Lipinski definition) is 4. The summed E-state index contributed by atoms with van der Waals surface area (Å²) in [7, 11) is -4.79. The van der Waals surface area contributed by atoms with Crippen LogP contribution in [0.3, 0.4) is 0 Å². The third-order valence-corrected chi connectivity index (χ3v) is 9.70. The number of ether oxygens (including phenoxy) is 2. The number of hydrogen-bond acceptors (Lipinski definition) is 10. The molecular weight excluding hydrogens is 773 g/mol. The number of aliphatic carboxylic acids is 1. The zero-order valence-electron chi connectivity index (χ0n) is 35.9. The van der Waals surface area contributed by atoms with E-state index in [4.69, 9.17) is 24.8 Å². The van der Waals surface area contributed by atoms with Gasteiger partial charge in [-0.1, -0.05) is 150 Å². The molecule has 336 valence electrons. The van der Waals surface area contributed by atoms with Crippen molar-refractivity contribution in [2.24, 2.45) is 5.73 Å². The summed E-state index contributed by atoms with van der Waals surface area (Å²) in [6.07, 6.45) is 45.5. The molecule has 13 heteroatoms. The van der Waals surface area contributed by atoms with Crippen LogP contribution < -0.4 is 5.73 Å². The Morgan fingerprint density at radius 1 is 0.627 bits per heavy atom. The summed E-state index contributed by atoms with van der Waals surface area (Å²) in [4.78, 5) is 46.0. The molecule has 0 rings (SSSR count). The van der Waals surface area contributed by atoms with Gasteiger partial charge in [0.25, 0.3) is 0 Å². The molecular formula is C46H76NO11P. The van der Waals surface area contributed by atoms with Crippen molar-refractivity contribution >= 4 is 25.7 Å². The summed E-state index contributed by atoms with van der Waals surface area (Å²) in [5.41, 5.74) is 5.32. The standard InChI is InChI=1S/C46H76NO11P/c1-3-5-7-9-11-13-15-17-19-21-22-24-26-28-30-32-34-41(48)36-37-45(50)58-42(39-56-59(53,54)57-40-43(47)46(51)52)38-55-44(49)35-33-31-29-27-25-23-20-18-16-14-12-10-8-6-4-2/h5,7,11,13,17-20,22,24,28,30,32,34,41-43,48H,3-4,6,8-10,12,14-16,21,23,25-27,29,31,33,35-40,47H2,1-2H3,(H,51,52)(H,53,54)/b7-5-,13-11-,19-17-,20-18-,24-22-,30-28-,34-32-/t41?,42-,43+/m1/s1. The molecule has 59 heavy (non-hydrogen) atoms. The number of unbranched alkanes of at least 4 members (excludes halogenated alkanes) is 11. The lowest BCUT2D eigenvalue weighted by molar-refractivity contribution is -0.161. The van der Waals surface area contributed by atoms with E-state index < -0.39 is 63.8 Å². The highest BCUT2D eigenvalue weighted by Crippen LogP contribution is 2.43. The summed E-state index contributed by atoms with van der Waals surface area (Å²) in [5.74, 6) is -2.71. The first-order chi connectivity index (χ1) is 28.5. The highest BCUT2D eigenvalue weighted by molar-refractivity contribution is 7.47. The number of rotatable bonds is 39. The maximum Gasteiger partial charge on any atom is 0.472 e. The molecule has 0 radical (unpaired) electrons. The number of nitrogens with two attached hydrogens (primary N) is 1. The van der Waals surface area contributed by atoms with Gasteiger partial charge in [0.2, 0.25) is 0 Å². The maximum absolute atomic E-state index is 12.6. The molecule has 0 saturated heterocycles. The van der Waals surface area contributed by atoms with Crippen LogP contribution >= 0.6 is 7.82 Å². The van der Waals surface area contributed by atoms with Crippen molar-refractivity contribution in [1.29, 1.82) is 0 Å². The second-order valence-corrected chi connectivity index (χ2v) is 15.7. The van der Waals surface area contributed by atoms with E-state index in [1.807, 2.05) is 6.08 Å².